The lowest BCUT2D eigenvalue weighted by Crippen LogP contribution is -2.12. The number of aromatic nitrogens is 3. The normalized spacial score (nSPS) is 17.0. The topological polar surface area (TPSA) is 72.0 Å². The van der Waals surface area contributed by atoms with Crippen molar-refractivity contribution < 1.29 is 9.63 Å². The summed E-state index contributed by atoms with van der Waals surface area (Å²) in [6, 6.07) is 5.53. The quantitative estimate of drug-likeness (QED) is 0.862. The monoisotopic (exact) mass is 231 g/mol. The van der Waals surface area contributed by atoms with Crippen LogP contribution in [0.5, 0.6) is 0 Å². The Bertz CT molecular complexity index is 493. The molecule has 5 heteroatoms. The summed E-state index contributed by atoms with van der Waals surface area (Å²) in [5, 5.41) is 13.6. The Morgan fingerprint density at radius 1 is 1.41 bits per heavy atom. The van der Waals surface area contributed by atoms with Gasteiger partial charge in [0.15, 0.2) is 0 Å². The van der Waals surface area contributed by atoms with Crippen molar-refractivity contribution in [3.63, 3.8) is 0 Å². The standard InChI is InChI=1S/C12H13N3O2/c16-10(8-4-5-8)7-11-14-12(15-17-11)9-3-1-2-6-13-9/h1-3,6,8,10,16H,4-5,7H2. The van der Waals surface area contributed by atoms with Crippen molar-refractivity contribution in [1.29, 1.82) is 0 Å². The fourth-order valence-corrected chi connectivity index (χ4v) is 1.76. The maximum absolute atomic E-state index is 9.78. The molecule has 0 radical (unpaired) electrons. The van der Waals surface area contributed by atoms with E-state index in [1.54, 1.807) is 6.20 Å². The summed E-state index contributed by atoms with van der Waals surface area (Å²) in [4.78, 5) is 8.37. The number of pyridine rings is 1. The fourth-order valence-electron chi connectivity index (χ4n) is 1.76. The lowest BCUT2D eigenvalue weighted by molar-refractivity contribution is 0.140. The molecule has 1 N–H and O–H groups in total. The zero-order valence-corrected chi connectivity index (χ0v) is 9.28. The predicted molar refractivity (Wildman–Crippen MR) is 60.0 cm³/mol. The minimum Gasteiger partial charge on any atom is -0.392 e. The van der Waals surface area contributed by atoms with E-state index in [2.05, 4.69) is 15.1 Å². The van der Waals surface area contributed by atoms with E-state index in [0.717, 1.165) is 12.8 Å². The molecule has 5 nitrogen and oxygen atoms in total. The van der Waals surface area contributed by atoms with Crippen LogP contribution in [-0.4, -0.2) is 26.3 Å². The molecule has 0 amide bonds. The molecule has 1 aliphatic carbocycles. The SMILES string of the molecule is OC(Cc1nc(-c2ccccn2)no1)C1CC1. The summed E-state index contributed by atoms with van der Waals surface area (Å²) >= 11 is 0. The maximum atomic E-state index is 9.78. The molecule has 1 unspecified atom stereocenters. The van der Waals surface area contributed by atoms with Gasteiger partial charge < -0.3 is 9.63 Å². The zero-order chi connectivity index (χ0) is 11.7. The molecule has 0 aliphatic heterocycles. The highest BCUT2D eigenvalue weighted by atomic mass is 16.5. The fraction of sp³-hybridized carbons (Fsp3) is 0.417. The molecule has 0 aromatic carbocycles. The van der Waals surface area contributed by atoms with Crippen molar-refractivity contribution in [2.75, 3.05) is 0 Å². The van der Waals surface area contributed by atoms with Crippen LogP contribution in [0.2, 0.25) is 0 Å². The third kappa shape index (κ3) is 2.34. The molecule has 17 heavy (non-hydrogen) atoms. The summed E-state index contributed by atoms with van der Waals surface area (Å²) in [6.45, 7) is 0. The largest absolute Gasteiger partial charge is 0.392 e. The van der Waals surface area contributed by atoms with Crippen molar-refractivity contribution in [1.82, 2.24) is 15.1 Å². The Kier molecular flexibility index (Phi) is 2.60. The van der Waals surface area contributed by atoms with E-state index in [-0.39, 0.29) is 6.10 Å². The number of rotatable bonds is 4. The summed E-state index contributed by atoms with van der Waals surface area (Å²) in [5.41, 5.74) is 0.684. The number of aliphatic hydroxyl groups excluding tert-OH is 1. The van der Waals surface area contributed by atoms with Gasteiger partial charge in [0.25, 0.3) is 0 Å². The van der Waals surface area contributed by atoms with E-state index < -0.39 is 0 Å². The molecule has 0 bridgehead atoms. The Balaban J connectivity index is 1.74. The smallest absolute Gasteiger partial charge is 0.229 e. The van der Waals surface area contributed by atoms with Crippen LogP contribution in [0.1, 0.15) is 18.7 Å². The van der Waals surface area contributed by atoms with Crippen LogP contribution in [0.15, 0.2) is 28.9 Å². The van der Waals surface area contributed by atoms with Gasteiger partial charge in [-0.05, 0) is 30.9 Å². The third-order valence-electron chi connectivity index (χ3n) is 2.91. The average molecular weight is 231 g/mol. The zero-order valence-electron chi connectivity index (χ0n) is 9.28. The van der Waals surface area contributed by atoms with Gasteiger partial charge in [0.2, 0.25) is 11.7 Å². The summed E-state index contributed by atoms with van der Waals surface area (Å²) in [6.07, 6.45) is 3.96. The van der Waals surface area contributed by atoms with Crippen molar-refractivity contribution in [3.8, 4) is 11.5 Å². The molecule has 1 saturated carbocycles. The first-order valence-corrected chi connectivity index (χ1v) is 5.75. The number of hydrogen-bond acceptors (Lipinski definition) is 5. The first kappa shape index (κ1) is 10.4. The van der Waals surface area contributed by atoms with Gasteiger partial charge in [-0.25, -0.2) is 0 Å². The number of aliphatic hydroxyl groups is 1. The Morgan fingerprint density at radius 3 is 3.00 bits per heavy atom. The summed E-state index contributed by atoms with van der Waals surface area (Å²) in [7, 11) is 0. The van der Waals surface area contributed by atoms with Crippen LogP contribution in [0.4, 0.5) is 0 Å². The van der Waals surface area contributed by atoms with Crippen LogP contribution < -0.4 is 0 Å². The lowest BCUT2D eigenvalue weighted by atomic mass is 10.2. The molecular weight excluding hydrogens is 218 g/mol. The number of nitrogens with zero attached hydrogens (tertiary/aromatic N) is 3. The van der Waals surface area contributed by atoms with Crippen LogP contribution >= 0.6 is 0 Å². The van der Waals surface area contributed by atoms with Crippen molar-refractivity contribution in [2.24, 2.45) is 5.92 Å². The Morgan fingerprint density at radius 2 is 2.29 bits per heavy atom. The van der Waals surface area contributed by atoms with Crippen LogP contribution in [0, 0.1) is 5.92 Å². The van der Waals surface area contributed by atoms with Gasteiger partial charge in [0.1, 0.15) is 5.69 Å². The summed E-state index contributed by atoms with van der Waals surface area (Å²) < 4.78 is 5.11. The van der Waals surface area contributed by atoms with Crippen LogP contribution in [-0.2, 0) is 6.42 Å². The molecule has 0 saturated heterocycles. The van der Waals surface area contributed by atoms with Gasteiger partial charge in [0, 0.05) is 6.20 Å². The molecule has 2 heterocycles. The van der Waals surface area contributed by atoms with Gasteiger partial charge in [0.05, 0.1) is 12.5 Å². The first-order valence-electron chi connectivity index (χ1n) is 5.75. The Hall–Kier alpha value is -1.75. The van der Waals surface area contributed by atoms with Crippen LogP contribution in [0.3, 0.4) is 0 Å². The van der Waals surface area contributed by atoms with Gasteiger partial charge in [-0.15, -0.1) is 0 Å². The second kappa shape index (κ2) is 4.25. The highest BCUT2D eigenvalue weighted by molar-refractivity contribution is 5.46. The van der Waals surface area contributed by atoms with Crippen molar-refractivity contribution in [3.05, 3.63) is 30.3 Å². The Labute approximate surface area is 98.5 Å². The van der Waals surface area contributed by atoms with E-state index in [4.69, 9.17) is 4.52 Å². The highest BCUT2D eigenvalue weighted by Gasteiger charge is 2.31. The first-order chi connectivity index (χ1) is 8.33. The summed E-state index contributed by atoms with van der Waals surface area (Å²) in [5.74, 6) is 1.37. The van der Waals surface area contributed by atoms with Gasteiger partial charge in [-0.2, -0.15) is 4.98 Å². The van der Waals surface area contributed by atoms with E-state index >= 15 is 0 Å². The minimum atomic E-state index is -0.355. The molecule has 0 spiro atoms. The maximum Gasteiger partial charge on any atom is 0.229 e. The average Bonchev–Trinajstić information content (AvgIpc) is 3.12. The molecule has 1 aliphatic rings. The molecular formula is C12H13N3O2. The molecule has 1 fully saturated rings. The molecule has 1 atom stereocenters. The van der Waals surface area contributed by atoms with Gasteiger partial charge >= 0.3 is 0 Å². The van der Waals surface area contributed by atoms with Crippen molar-refractivity contribution in [2.45, 2.75) is 25.4 Å². The lowest BCUT2D eigenvalue weighted by Gasteiger charge is -2.03. The van der Waals surface area contributed by atoms with E-state index in [1.807, 2.05) is 18.2 Å². The van der Waals surface area contributed by atoms with Gasteiger partial charge in [-0.1, -0.05) is 11.2 Å². The second-order valence-corrected chi connectivity index (χ2v) is 4.34. The minimum absolute atomic E-state index is 0.355. The highest BCUT2D eigenvalue weighted by Crippen LogP contribution is 2.33. The molecule has 2 aromatic heterocycles. The second-order valence-electron chi connectivity index (χ2n) is 4.34. The third-order valence-corrected chi connectivity index (χ3v) is 2.91. The van der Waals surface area contributed by atoms with Crippen molar-refractivity contribution >= 4 is 0 Å². The molecule has 2 aromatic rings. The van der Waals surface area contributed by atoms with E-state index in [0.29, 0.717) is 29.7 Å². The van der Waals surface area contributed by atoms with E-state index in [9.17, 15) is 5.11 Å². The van der Waals surface area contributed by atoms with Gasteiger partial charge in [-0.3, -0.25) is 4.98 Å². The van der Waals surface area contributed by atoms with E-state index in [1.165, 1.54) is 0 Å². The van der Waals surface area contributed by atoms with Crippen LogP contribution in [0.25, 0.3) is 11.5 Å². The predicted octanol–water partition coefficient (Wildman–Crippen LogP) is 1.44. The molecule has 88 valence electrons. The number of hydrogen-bond donors (Lipinski definition) is 1. The molecule has 3 rings (SSSR count).